The lowest BCUT2D eigenvalue weighted by atomic mass is 9.89. The third kappa shape index (κ3) is 3.03. The first kappa shape index (κ1) is 15.5. The molecule has 0 spiro atoms. The summed E-state index contributed by atoms with van der Waals surface area (Å²) in [5.41, 5.74) is 1.21. The van der Waals surface area contributed by atoms with Gasteiger partial charge in [0.15, 0.2) is 0 Å². The average molecular weight is 306 g/mol. The van der Waals surface area contributed by atoms with Crippen molar-refractivity contribution in [2.75, 3.05) is 27.2 Å². The van der Waals surface area contributed by atoms with Gasteiger partial charge >= 0.3 is 0 Å². The first-order chi connectivity index (χ1) is 10.6. The molecule has 0 aliphatic carbocycles. The molecule has 0 saturated carbocycles. The van der Waals surface area contributed by atoms with Crippen LogP contribution in [0.5, 0.6) is 0 Å². The van der Waals surface area contributed by atoms with E-state index in [2.05, 4.69) is 23.1 Å². The quantitative estimate of drug-likeness (QED) is 0.832. The highest BCUT2D eigenvalue weighted by Crippen LogP contribution is 2.32. The van der Waals surface area contributed by atoms with E-state index in [1.165, 1.54) is 5.56 Å². The van der Waals surface area contributed by atoms with E-state index in [0.717, 1.165) is 39.1 Å². The predicted molar refractivity (Wildman–Crippen MR) is 83.3 cm³/mol. The van der Waals surface area contributed by atoms with Crippen LogP contribution in [0.3, 0.4) is 0 Å². The molecule has 6 heteroatoms. The molecule has 3 atom stereocenters. The lowest BCUT2D eigenvalue weighted by Crippen LogP contribution is -2.52. The number of aromatic nitrogens is 2. The minimum absolute atomic E-state index is 0.0376. The number of fused-ring (bicyclic) bond motifs is 1. The Balaban J connectivity index is 1.73. The normalized spacial score (nSPS) is 28.6. The fourth-order valence-corrected chi connectivity index (χ4v) is 3.67. The standard InChI is InChI=1S/C16H26N4O2/c1-4-20-10-12(8-17-20)9-19-11-13(16(21)18(2)3)7-15-14(19)5-6-22-15/h8,10,13-15H,4-7,9,11H2,1-3H3/t13-,14+,15+/m0/s1. The Morgan fingerprint density at radius 3 is 3.00 bits per heavy atom. The van der Waals surface area contributed by atoms with E-state index in [9.17, 15) is 4.79 Å². The molecule has 2 fully saturated rings. The molecule has 22 heavy (non-hydrogen) atoms. The van der Waals surface area contributed by atoms with E-state index in [4.69, 9.17) is 4.74 Å². The summed E-state index contributed by atoms with van der Waals surface area (Å²) in [5, 5.41) is 4.35. The number of aryl methyl sites for hydroxylation is 1. The van der Waals surface area contributed by atoms with Gasteiger partial charge in [-0.05, 0) is 19.8 Å². The Kier molecular flexibility index (Phi) is 4.49. The molecular weight excluding hydrogens is 280 g/mol. The molecule has 0 N–H and O–H groups in total. The summed E-state index contributed by atoms with van der Waals surface area (Å²) in [7, 11) is 3.67. The van der Waals surface area contributed by atoms with Crippen LogP contribution in [0.2, 0.25) is 0 Å². The predicted octanol–water partition coefficient (Wildman–Crippen LogP) is 0.971. The molecule has 2 aliphatic heterocycles. The van der Waals surface area contributed by atoms with E-state index in [1.807, 2.05) is 25.0 Å². The van der Waals surface area contributed by atoms with Crippen LogP contribution in [-0.2, 0) is 22.6 Å². The van der Waals surface area contributed by atoms with Crippen LogP contribution >= 0.6 is 0 Å². The van der Waals surface area contributed by atoms with E-state index in [-0.39, 0.29) is 17.9 Å². The van der Waals surface area contributed by atoms with Crippen molar-refractivity contribution < 1.29 is 9.53 Å². The van der Waals surface area contributed by atoms with Crippen LogP contribution in [0.15, 0.2) is 12.4 Å². The van der Waals surface area contributed by atoms with Gasteiger partial charge in [-0.1, -0.05) is 0 Å². The van der Waals surface area contributed by atoms with Gasteiger partial charge in [-0.2, -0.15) is 5.10 Å². The van der Waals surface area contributed by atoms with Crippen LogP contribution in [0.4, 0.5) is 0 Å². The van der Waals surface area contributed by atoms with E-state index < -0.39 is 0 Å². The van der Waals surface area contributed by atoms with Gasteiger partial charge in [0.2, 0.25) is 5.91 Å². The lowest BCUT2D eigenvalue weighted by Gasteiger charge is -2.40. The van der Waals surface area contributed by atoms with Crippen LogP contribution in [0.25, 0.3) is 0 Å². The van der Waals surface area contributed by atoms with Gasteiger partial charge in [0.05, 0.1) is 18.2 Å². The molecule has 3 heterocycles. The van der Waals surface area contributed by atoms with Crippen LogP contribution < -0.4 is 0 Å². The third-order valence-electron chi connectivity index (χ3n) is 4.80. The average Bonchev–Trinajstić information content (AvgIpc) is 3.14. The Bertz CT molecular complexity index is 528. The fourth-order valence-electron chi connectivity index (χ4n) is 3.67. The van der Waals surface area contributed by atoms with E-state index >= 15 is 0 Å². The molecule has 1 aromatic heterocycles. The molecule has 0 aromatic carbocycles. The number of amides is 1. The van der Waals surface area contributed by atoms with E-state index in [0.29, 0.717) is 6.04 Å². The van der Waals surface area contributed by atoms with Crippen molar-refractivity contribution >= 4 is 5.91 Å². The zero-order chi connectivity index (χ0) is 15.7. The van der Waals surface area contributed by atoms with Crippen molar-refractivity contribution in [2.24, 2.45) is 5.92 Å². The lowest BCUT2D eigenvalue weighted by molar-refractivity contribution is -0.137. The smallest absolute Gasteiger partial charge is 0.226 e. The molecule has 0 unspecified atom stereocenters. The maximum absolute atomic E-state index is 12.4. The second kappa shape index (κ2) is 6.38. The van der Waals surface area contributed by atoms with Gasteiger partial charge in [0.1, 0.15) is 0 Å². The van der Waals surface area contributed by atoms with Gasteiger partial charge in [-0.3, -0.25) is 14.4 Å². The molecule has 1 aromatic rings. The maximum Gasteiger partial charge on any atom is 0.226 e. The van der Waals surface area contributed by atoms with Crippen molar-refractivity contribution in [2.45, 2.75) is 45.0 Å². The summed E-state index contributed by atoms with van der Waals surface area (Å²) in [4.78, 5) is 16.5. The number of rotatable bonds is 4. The summed E-state index contributed by atoms with van der Waals surface area (Å²) in [5.74, 6) is 0.249. The number of nitrogens with zero attached hydrogens (tertiary/aromatic N) is 4. The van der Waals surface area contributed by atoms with Gasteiger partial charge in [0, 0.05) is 58.1 Å². The summed E-state index contributed by atoms with van der Waals surface area (Å²) < 4.78 is 7.83. The van der Waals surface area contributed by atoms with Crippen LogP contribution in [-0.4, -0.2) is 64.9 Å². The number of hydrogen-bond acceptors (Lipinski definition) is 4. The fraction of sp³-hybridized carbons (Fsp3) is 0.750. The molecule has 0 radical (unpaired) electrons. The Hall–Kier alpha value is -1.40. The number of piperidine rings is 1. The zero-order valence-corrected chi connectivity index (χ0v) is 13.7. The molecule has 122 valence electrons. The van der Waals surface area contributed by atoms with E-state index in [1.54, 1.807) is 4.90 Å². The van der Waals surface area contributed by atoms with Crippen molar-refractivity contribution in [3.63, 3.8) is 0 Å². The molecule has 3 rings (SSSR count). The Morgan fingerprint density at radius 2 is 2.32 bits per heavy atom. The Morgan fingerprint density at radius 1 is 1.50 bits per heavy atom. The van der Waals surface area contributed by atoms with Crippen molar-refractivity contribution in [3.8, 4) is 0 Å². The van der Waals surface area contributed by atoms with Crippen LogP contribution in [0.1, 0.15) is 25.3 Å². The second-order valence-electron chi connectivity index (χ2n) is 6.56. The molecule has 2 aliphatic rings. The second-order valence-corrected chi connectivity index (χ2v) is 6.56. The zero-order valence-electron chi connectivity index (χ0n) is 13.7. The largest absolute Gasteiger partial charge is 0.377 e. The van der Waals surface area contributed by atoms with Gasteiger partial charge in [0.25, 0.3) is 0 Å². The Labute approximate surface area is 132 Å². The monoisotopic (exact) mass is 306 g/mol. The first-order valence-corrected chi connectivity index (χ1v) is 8.16. The molecular formula is C16H26N4O2. The number of likely N-dealkylation sites (tertiary alicyclic amines) is 1. The minimum Gasteiger partial charge on any atom is -0.377 e. The SMILES string of the molecule is CCn1cc(CN2C[C@@H](C(=O)N(C)C)C[C@H]3OCC[C@H]32)cn1. The highest BCUT2D eigenvalue weighted by Gasteiger charge is 2.42. The first-order valence-electron chi connectivity index (χ1n) is 8.16. The number of ether oxygens (including phenoxy) is 1. The summed E-state index contributed by atoms with van der Waals surface area (Å²) in [6.45, 7) is 5.45. The third-order valence-corrected chi connectivity index (χ3v) is 4.80. The molecule has 1 amide bonds. The molecule has 0 bridgehead atoms. The number of carbonyl (C=O) groups excluding carboxylic acids is 1. The summed E-state index contributed by atoms with van der Waals surface area (Å²) >= 11 is 0. The maximum atomic E-state index is 12.4. The van der Waals surface area contributed by atoms with Crippen LogP contribution in [0, 0.1) is 5.92 Å². The van der Waals surface area contributed by atoms with Gasteiger partial charge < -0.3 is 9.64 Å². The number of hydrogen-bond donors (Lipinski definition) is 0. The molecule has 2 saturated heterocycles. The summed E-state index contributed by atoms with van der Waals surface area (Å²) in [6, 6.07) is 0.441. The highest BCUT2D eigenvalue weighted by atomic mass is 16.5. The molecule has 6 nitrogen and oxygen atoms in total. The van der Waals surface area contributed by atoms with Crippen molar-refractivity contribution in [1.29, 1.82) is 0 Å². The number of carbonyl (C=O) groups is 1. The summed E-state index contributed by atoms with van der Waals surface area (Å²) in [6.07, 6.45) is 6.15. The van der Waals surface area contributed by atoms with Crippen molar-refractivity contribution in [3.05, 3.63) is 18.0 Å². The van der Waals surface area contributed by atoms with Crippen molar-refractivity contribution in [1.82, 2.24) is 19.6 Å². The topological polar surface area (TPSA) is 50.6 Å². The minimum atomic E-state index is 0.0376. The van der Waals surface area contributed by atoms with Gasteiger partial charge in [-0.25, -0.2) is 0 Å². The highest BCUT2D eigenvalue weighted by molar-refractivity contribution is 5.78. The van der Waals surface area contributed by atoms with Gasteiger partial charge in [-0.15, -0.1) is 0 Å².